The molecular formula is C16H12N4O3. The minimum absolute atomic E-state index is 0.0320. The average Bonchev–Trinajstić information content (AvgIpc) is 2.60. The van der Waals surface area contributed by atoms with Gasteiger partial charge in [0.1, 0.15) is 29.1 Å². The lowest BCUT2D eigenvalue weighted by Crippen LogP contribution is -2.04. The first kappa shape index (κ1) is 15.8. The van der Waals surface area contributed by atoms with E-state index in [9.17, 15) is 15.3 Å². The van der Waals surface area contributed by atoms with Crippen LogP contribution in [0.1, 0.15) is 21.5 Å². The molecule has 0 aliphatic carbocycles. The molecule has 7 nitrogen and oxygen atoms in total. The highest BCUT2D eigenvalue weighted by Gasteiger charge is 2.21. The van der Waals surface area contributed by atoms with Gasteiger partial charge in [-0.1, -0.05) is 12.1 Å². The van der Waals surface area contributed by atoms with Crippen molar-refractivity contribution >= 4 is 11.8 Å². The second-order valence-electron chi connectivity index (χ2n) is 4.42. The molecule has 0 aliphatic heterocycles. The molecule has 2 N–H and O–H groups in total. The summed E-state index contributed by atoms with van der Waals surface area (Å²) < 4.78 is 9.69. The second-order valence-corrected chi connectivity index (χ2v) is 4.42. The van der Waals surface area contributed by atoms with Crippen LogP contribution in [-0.4, -0.2) is 25.2 Å². The Morgan fingerprint density at radius 2 is 1.74 bits per heavy atom. The molecule has 0 amide bonds. The lowest BCUT2D eigenvalue weighted by molar-refractivity contribution is 0.0601. The Bertz CT molecular complexity index is 846. The molecule has 2 rings (SSSR count). The normalized spacial score (nSPS) is 9.57. The van der Waals surface area contributed by atoms with Crippen LogP contribution < -0.4 is 10.5 Å². The fourth-order valence-electron chi connectivity index (χ4n) is 2.13. The van der Waals surface area contributed by atoms with Crippen molar-refractivity contribution in [3.05, 3.63) is 41.0 Å². The fraction of sp³-hybridized carbons (Fsp3) is 0.125. The number of nitrogen functional groups attached to an aromatic ring is 1. The molecule has 0 aliphatic rings. The van der Waals surface area contributed by atoms with E-state index in [1.165, 1.54) is 26.4 Å². The minimum atomic E-state index is -0.482. The average molecular weight is 308 g/mol. The molecule has 0 atom stereocenters. The van der Waals surface area contributed by atoms with E-state index in [1.807, 2.05) is 12.1 Å². The Labute approximate surface area is 132 Å². The quantitative estimate of drug-likeness (QED) is 0.858. The summed E-state index contributed by atoms with van der Waals surface area (Å²) in [5.74, 6) is -0.476. The van der Waals surface area contributed by atoms with Crippen molar-refractivity contribution in [1.29, 1.82) is 10.5 Å². The number of esters is 1. The summed E-state index contributed by atoms with van der Waals surface area (Å²) in [5.41, 5.74) is 7.15. The van der Waals surface area contributed by atoms with E-state index >= 15 is 0 Å². The highest BCUT2D eigenvalue weighted by Crippen LogP contribution is 2.34. The number of benzene rings is 1. The summed E-state index contributed by atoms with van der Waals surface area (Å²) >= 11 is 0. The number of rotatable bonds is 3. The number of aromatic nitrogens is 1. The number of hydrogen-bond acceptors (Lipinski definition) is 7. The number of pyridine rings is 1. The van der Waals surface area contributed by atoms with Crippen LogP contribution in [-0.2, 0) is 4.74 Å². The minimum Gasteiger partial charge on any atom is -0.480 e. The van der Waals surface area contributed by atoms with Gasteiger partial charge in [-0.2, -0.15) is 15.5 Å². The van der Waals surface area contributed by atoms with Crippen LogP contribution in [0, 0.1) is 22.7 Å². The van der Waals surface area contributed by atoms with Crippen molar-refractivity contribution in [2.45, 2.75) is 0 Å². The first-order valence-corrected chi connectivity index (χ1v) is 6.43. The van der Waals surface area contributed by atoms with Crippen LogP contribution in [0.15, 0.2) is 24.3 Å². The van der Waals surface area contributed by atoms with Crippen molar-refractivity contribution in [3.8, 4) is 29.1 Å². The summed E-state index contributed by atoms with van der Waals surface area (Å²) in [6, 6.07) is 10.2. The molecule has 1 aromatic carbocycles. The summed E-state index contributed by atoms with van der Waals surface area (Å²) in [5, 5.41) is 18.7. The van der Waals surface area contributed by atoms with Crippen LogP contribution in [0.3, 0.4) is 0 Å². The maximum atomic E-state index is 11.5. The molecule has 1 heterocycles. The molecule has 23 heavy (non-hydrogen) atoms. The van der Waals surface area contributed by atoms with Crippen molar-refractivity contribution in [2.24, 2.45) is 0 Å². The Morgan fingerprint density at radius 1 is 1.13 bits per heavy atom. The topological polar surface area (TPSA) is 122 Å². The molecule has 1 aromatic heterocycles. The number of nitriles is 2. The maximum absolute atomic E-state index is 11.5. The lowest BCUT2D eigenvalue weighted by atomic mass is 9.95. The summed E-state index contributed by atoms with van der Waals surface area (Å²) in [7, 11) is 2.64. The number of hydrogen-bond donors (Lipinski definition) is 1. The molecule has 0 saturated carbocycles. The van der Waals surface area contributed by atoms with Crippen molar-refractivity contribution < 1.29 is 14.3 Å². The van der Waals surface area contributed by atoms with Gasteiger partial charge in [-0.15, -0.1) is 0 Å². The molecule has 0 radical (unpaired) electrons. The molecule has 0 bridgehead atoms. The van der Waals surface area contributed by atoms with E-state index in [-0.39, 0.29) is 22.8 Å². The summed E-state index contributed by atoms with van der Waals surface area (Å²) in [6.07, 6.45) is 0. The number of nitrogens with two attached hydrogens (primary N) is 1. The Kier molecular flexibility index (Phi) is 4.44. The maximum Gasteiger partial charge on any atom is 0.337 e. The van der Waals surface area contributed by atoms with Gasteiger partial charge in [0.05, 0.1) is 19.8 Å². The van der Waals surface area contributed by atoms with E-state index in [2.05, 4.69) is 9.72 Å². The SMILES string of the molecule is COC(=O)c1ccc(-c2c(C#N)c(N)nc(OC)c2C#N)cc1. The second kappa shape index (κ2) is 6.46. The van der Waals surface area contributed by atoms with Gasteiger partial charge in [0.2, 0.25) is 5.88 Å². The number of methoxy groups -OCH3 is 2. The molecule has 0 saturated heterocycles. The zero-order chi connectivity index (χ0) is 17.0. The molecular weight excluding hydrogens is 296 g/mol. The Hall–Kier alpha value is -3.58. The van der Waals surface area contributed by atoms with Gasteiger partial charge in [0.25, 0.3) is 0 Å². The number of anilines is 1. The smallest absolute Gasteiger partial charge is 0.337 e. The zero-order valence-electron chi connectivity index (χ0n) is 12.5. The van der Waals surface area contributed by atoms with Gasteiger partial charge in [-0.05, 0) is 17.7 Å². The molecule has 0 unspecified atom stereocenters. The summed E-state index contributed by atoms with van der Waals surface area (Å²) in [6.45, 7) is 0. The van der Waals surface area contributed by atoms with Gasteiger partial charge in [0, 0.05) is 5.56 Å². The Balaban J connectivity index is 2.72. The predicted molar refractivity (Wildman–Crippen MR) is 81.4 cm³/mol. The molecule has 114 valence electrons. The summed E-state index contributed by atoms with van der Waals surface area (Å²) in [4.78, 5) is 15.4. The van der Waals surface area contributed by atoms with Crippen LogP contribution >= 0.6 is 0 Å². The molecule has 0 fully saturated rings. The van der Waals surface area contributed by atoms with Gasteiger partial charge in [-0.25, -0.2) is 4.79 Å². The first-order chi connectivity index (χ1) is 11.1. The monoisotopic (exact) mass is 308 g/mol. The van der Waals surface area contributed by atoms with E-state index in [0.717, 1.165) is 0 Å². The number of carbonyl (C=O) groups is 1. The number of nitrogens with zero attached hydrogens (tertiary/aromatic N) is 3. The number of carbonyl (C=O) groups excluding carboxylic acids is 1. The first-order valence-electron chi connectivity index (χ1n) is 6.43. The van der Waals surface area contributed by atoms with E-state index in [4.69, 9.17) is 10.5 Å². The van der Waals surface area contributed by atoms with E-state index in [1.54, 1.807) is 12.1 Å². The highest BCUT2D eigenvalue weighted by atomic mass is 16.5. The van der Waals surface area contributed by atoms with Crippen LogP contribution in [0.25, 0.3) is 11.1 Å². The third kappa shape index (κ3) is 2.76. The predicted octanol–water partition coefficient (Wildman–Crippen LogP) is 1.87. The lowest BCUT2D eigenvalue weighted by Gasteiger charge is -2.12. The van der Waals surface area contributed by atoms with Gasteiger partial charge >= 0.3 is 5.97 Å². The van der Waals surface area contributed by atoms with Crippen molar-refractivity contribution in [2.75, 3.05) is 20.0 Å². The highest BCUT2D eigenvalue weighted by molar-refractivity contribution is 5.91. The molecule has 0 spiro atoms. The van der Waals surface area contributed by atoms with Gasteiger partial charge < -0.3 is 15.2 Å². The molecule has 2 aromatic rings. The van der Waals surface area contributed by atoms with Gasteiger partial charge in [-0.3, -0.25) is 0 Å². The van der Waals surface area contributed by atoms with E-state index in [0.29, 0.717) is 16.7 Å². The number of ether oxygens (including phenoxy) is 2. The van der Waals surface area contributed by atoms with Crippen LogP contribution in [0.2, 0.25) is 0 Å². The van der Waals surface area contributed by atoms with Gasteiger partial charge in [0.15, 0.2) is 0 Å². The standard InChI is InChI=1S/C16H12N4O3/c1-22-15-12(8-18)13(11(7-17)14(19)20-15)9-3-5-10(6-4-9)16(21)23-2/h3-6H,1-2H3,(H2,19,20). The van der Waals surface area contributed by atoms with Crippen LogP contribution in [0.5, 0.6) is 5.88 Å². The largest absolute Gasteiger partial charge is 0.480 e. The Morgan fingerprint density at radius 3 is 2.22 bits per heavy atom. The van der Waals surface area contributed by atoms with Crippen molar-refractivity contribution in [1.82, 2.24) is 4.98 Å². The van der Waals surface area contributed by atoms with E-state index < -0.39 is 5.97 Å². The third-order valence-corrected chi connectivity index (χ3v) is 3.20. The van der Waals surface area contributed by atoms with Crippen molar-refractivity contribution in [3.63, 3.8) is 0 Å². The third-order valence-electron chi connectivity index (χ3n) is 3.20. The fourth-order valence-corrected chi connectivity index (χ4v) is 2.13. The molecule has 7 heteroatoms. The van der Waals surface area contributed by atoms with Crippen LogP contribution in [0.4, 0.5) is 5.82 Å². The zero-order valence-corrected chi connectivity index (χ0v) is 12.5.